The number of ether oxygens (including phenoxy) is 2. The maximum Gasteiger partial charge on any atom is 0.231 e. The maximum absolute atomic E-state index is 13.0. The first kappa shape index (κ1) is 19.1. The van der Waals surface area contributed by atoms with Gasteiger partial charge in [-0.15, -0.1) is 0 Å². The summed E-state index contributed by atoms with van der Waals surface area (Å²) in [7, 11) is 0. The quantitative estimate of drug-likeness (QED) is 0.377. The van der Waals surface area contributed by atoms with E-state index in [4.69, 9.17) is 9.47 Å². The molecule has 5 rings (SSSR count). The Morgan fingerprint density at radius 1 is 1.06 bits per heavy atom. The molecule has 4 nitrogen and oxygen atoms in total. The molecule has 1 aliphatic heterocycles. The summed E-state index contributed by atoms with van der Waals surface area (Å²) in [4.78, 5) is 12.9. The normalized spacial score (nSPS) is 14.1. The number of aryl methyl sites for hydroxylation is 1. The van der Waals surface area contributed by atoms with Crippen LogP contribution in [0.5, 0.6) is 11.5 Å². The molecule has 0 fully saturated rings. The van der Waals surface area contributed by atoms with Crippen LogP contribution < -0.4 is 9.47 Å². The van der Waals surface area contributed by atoms with Gasteiger partial charge in [0.1, 0.15) is 23.9 Å². The van der Waals surface area contributed by atoms with Crippen LogP contribution in [-0.4, -0.2) is 10.4 Å². The van der Waals surface area contributed by atoms with Gasteiger partial charge in [0.2, 0.25) is 5.78 Å². The molecule has 0 bridgehead atoms. The second kappa shape index (κ2) is 7.76. The fourth-order valence-electron chi connectivity index (χ4n) is 3.80. The van der Waals surface area contributed by atoms with Crippen molar-refractivity contribution in [1.29, 1.82) is 0 Å². The first-order valence-electron chi connectivity index (χ1n) is 10.2. The largest absolute Gasteiger partial charge is 0.489 e. The molecule has 3 aromatic carbocycles. The van der Waals surface area contributed by atoms with Gasteiger partial charge in [-0.05, 0) is 48.9 Å². The molecule has 0 amide bonds. The van der Waals surface area contributed by atoms with Gasteiger partial charge in [-0.1, -0.05) is 30.3 Å². The minimum atomic E-state index is -0.283. The highest BCUT2D eigenvalue weighted by Crippen LogP contribution is 2.36. The van der Waals surface area contributed by atoms with Crippen molar-refractivity contribution < 1.29 is 18.7 Å². The number of rotatable bonds is 5. The number of halogens is 1. The minimum absolute atomic E-state index is 0.145. The predicted molar refractivity (Wildman–Crippen MR) is 118 cm³/mol. The summed E-state index contributed by atoms with van der Waals surface area (Å²) < 4.78 is 26.9. The second-order valence-electron chi connectivity index (χ2n) is 7.40. The Labute approximate surface area is 179 Å². The van der Waals surface area contributed by atoms with Gasteiger partial charge >= 0.3 is 0 Å². The van der Waals surface area contributed by atoms with Crippen molar-refractivity contribution in [2.45, 2.75) is 20.1 Å². The standard InChI is InChI=1S/C26H20FNO3/c1-2-28-15-18(21-5-3-4-6-23(21)28)13-25-26(29)22-12-11-20(14-24(22)31-25)30-16-17-7-9-19(27)10-8-17/h3-15H,2,16H2,1H3/b25-13+. The SMILES string of the molecule is CCn1cc(/C=C2/Oc3cc(OCc4ccc(F)cc4)ccc3C2=O)c2ccccc21. The number of hydrogen-bond acceptors (Lipinski definition) is 3. The summed E-state index contributed by atoms with van der Waals surface area (Å²) in [5, 5.41) is 1.08. The number of ketones is 1. The Morgan fingerprint density at radius 3 is 2.68 bits per heavy atom. The van der Waals surface area contributed by atoms with Crippen molar-refractivity contribution in [2.24, 2.45) is 0 Å². The Balaban J connectivity index is 1.39. The Kier molecular flexibility index (Phi) is 4.79. The van der Waals surface area contributed by atoms with Gasteiger partial charge in [0.15, 0.2) is 5.76 Å². The van der Waals surface area contributed by atoms with E-state index in [1.165, 1.54) is 12.1 Å². The van der Waals surface area contributed by atoms with Crippen LogP contribution in [0.1, 0.15) is 28.4 Å². The molecule has 1 aromatic heterocycles. The summed E-state index contributed by atoms with van der Waals surface area (Å²) >= 11 is 0. The van der Waals surface area contributed by atoms with Gasteiger partial charge in [0, 0.05) is 35.3 Å². The Bertz CT molecular complexity index is 1320. The van der Waals surface area contributed by atoms with E-state index in [2.05, 4.69) is 17.6 Å². The summed E-state index contributed by atoms with van der Waals surface area (Å²) in [5.41, 5.74) is 3.43. The summed E-state index contributed by atoms with van der Waals surface area (Å²) in [6.45, 7) is 3.23. The Hall–Kier alpha value is -3.86. The average Bonchev–Trinajstić information content (AvgIpc) is 3.31. The van der Waals surface area contributed by atoms with Crippen molar-refractivity contribution in [2.75, 3.05) is 0 Å². The van der Waals surface area contributed by atoms with Gasteiger partial charge < -0.3 is 14.0 Å². The lowest BCUT2D eigenvalue weighted by Gasteiger charge is -2.07. The van der Waals surface area contributed by atoms with Crippen LogP contribution in [-0.2, 0) is 13.2 Å². The van der Waals surface area contributed by atoms with Crippen LogP contribution in [0, 0.1) is 5.82 Å². The number of hydrogen-bond donors (Lipinski definition) is 0. The molecule has 154 valence electrons. The number of allylic oxidation sites excluding steroid dienone is 1. The summed E-state index contributed by atoms with van der Waals surface area (Å²) in [6, 6.07) is 19.4. The highest BCUT2D eigenvalue weighted by atomic mass is 19.1. The van der Waals surface area contributed by atoms with Crippen LogP contribution in [0.3, 0.4) is 0 Å². The zero-order valence-electron chi connectivity index (χ0n) is 17.0. The highest BCUT2D eigenvalue weighted by molar-refractivity contribution is 6.15. The van der Waals surface area contributed by atoms with E-state index in [1.807, 2.05) is 24.4 Å². The zero-order chi connectivity index (χ0) is 21.4. The van der Waals surface area contributed by atoms with Gasteiger partial charge in [-0.3, -0.25) is 4.79 Å². The van der Waals surface area contributed by atoms with E-state index < -0.39 is 0 Å². The summed E-state index contributed by atoms with van der Waals surface area (Å²) in [6.07, 6.45) is 3.84. The number of carbonyl (C=O) groups is 1. The molecule has 4 aromatic rings. The van der Waals surface area contributed by atoms with Gasteiger partial charge in [-0.2, -0.15) is 0 Å². The van der Waals surface area contributed by atoms with Crippen LogP contribution in [0.2, 0.25) is 0 Å². The van der Waals surface area contributed by atoms with Crippen molar-refractivity contribution in [3.8, 4) is 11.5 Å². The van der Waals surface area contributed by atoms with E-state index in [0.29, 0.717) is 29.4 Å². The van der Waals surface area contributed by atoms with Crippen LogP contribution >= 0.6 is 0 Å². The molecule has 31 heavy (non-hydrogen) atoms. The molecule has 0 saturated carbocycles. The lowest BCUT2D eigenvalue weighted by molar-refractivity contribution is 0.101. The van der Waals surface area contributed by atoms with E-state index >= 15 is 0 Å². The monoisotopic (exact) mass is 413 g/mol. The number of para-hydroxylation sites is 1. The Morgan fingerprint density at radius 2 is 1.87 bits per heavy atom. The van der Waals surface area contributed by atoms with Crippen molar-refractivity contribution in [1.82, 2.24) is 4.57 Å². The van der Waals surface area contributed by atoms with E-state index in [-0.39, 0.29) is 11.6 Å². The molecule has 5 heteroatoms. The smallest absolute Gasteiger partial charge is 0.231 e. The number of carbonyl (C=O) groups excluding carboxylic acids is 1. The van der Waals surface area contributed by atoms with Crippen LogP contribution in [0.4, 0.5) is 4.39 Å². The molecule has 1 aliphatic rings. The van der Waals surface area contributed by atoms with Gasteiger partial charge in [0.25, 0.3) is 0 Å². The average molecular weight is 413 g/mol. The van der Waals surface area contributed by atoms with E-state index in [9.17, 15) is 9.18 Å². The number of fused-ring (bicyclic) bond motifs is 2. The molecular weight excluding hydrogens is 393 g/mol. The number of aromatic nitrogens is 1. The third-order valence-electron chi connectivity index (χ3n) is 5.41. The molecule has 0 aliphatic carbocycles. The molecule has 0 atom stereocenters. The number of benzene rings is 3. The van der Waals surface area contributed by atoms with E-state index in [0.717, 1.165) is 28.6 Å². The minimum Gasteiger partial charge on any atom is -0.489 e. The molecule has 0 unspecified atom stereocenters. The van der Waals surface area contributed by atoms with Crippen LogP contribution in [0.25, 0.3) is 17.0 Å². The molecule has 0 radical (unpaired) electrons. The highest BCUT2D eigenvalue weighted by Gasteiger charge is 2.28. The van der Waals surface area contributed by atoms with Crippen LogP contribution in [0.15, 0.2) is 78.7 Å². The number of Topliss-reactive ketones (excluding diaryl/α,β-unsaturated/α-hetero) is 1. The second-order valence-corrected chi connectivity index (χ2v) is 7.40. The summed E-state index contributed by atoms with van der Waals surface area (Å²) in [5.74, 6) is 0.930. The third-order valence-corrected chi connectivity index (χ3v) is 5.41. The lowest BCUT2D eigenvalue weighted by atomic mass is 10.1. The van der Waals surface area contributed by atoms with Gasteiger partial charge in [-0.25, -0.2) is 4.39 Å². The van der Waals surface area contributed by atoms with Crippen molar-refractivity contribution in [3.05, 3.63) is 101 Å². The first-order chi connectivity index (χ1) is 15.1. The third kappa shape index (κ3) is 3.59. The fraction of sp³-hybridized carbons (Fsp3) is 0.115. The molecule has 2 heterocycles. The maximum atomic E-state index is 13.0. The van der Waals surface area contributed by atoms with E-state index in [1.54, 1.807) is 36.4 Å². The van der Waals surface area contributed by atoms with Crippen molar-refractivity contribution >= 4 is 22.8 Å². The zero-order valence-corrected chi connectivity index (χ0v) is 17.0. The lowest BCUT2D eigenvalue weighted by Crippen LogP contribution is -1.98. The molecule has 0 saturated heterocycles. The molecule has 0 spiro atoms. The first-order valence-corrected chi connectivity index (χ1v) is 10.2. The predicted octanol–water partition coefficient (Wildman–Crippen LogP) is 6.00. The van der Waals surface area contributed by atoms with Gasteiger partial charge in [0.05, 0.1) is 5.56 Å². The molecular formula is C26H20FNO3. The number of nitrogens with zero attached hydrogens (tertiary/aromatic N) is 1. The fourth-order valence-corrected chi connectivity index (χ4v) is 3.80. The van der Waals surface area contributed by atoms with Crippen molar-refractivity contribution in [3.63, 3.8) is 0 Å². The topological polar surface area (TPSA) is 40.5 Å². The molecule has 0 N–H and O–H groups in total.